The van der Waals surface area contributed by atoms with E-state index in [1.165, 1.54) is 18.2 Å². The standard InChI is InChI=1S/C15H23F2N/c1-10(2)8-18-9-11(3)12(4)15-13(16)6-5-7-14(15)17/h5-7,10-12,18H,8-9H2,1-4H3. The summed E-state index contributed by atoms with van der Waals surface area (Å²) >= 11 is 0. The minimum Gasteiger partial charge on any atom is -0.316 e. The Bertz CT molecular complexity index is 357. The fourth-order valence-electron chi connectivity index (χ4n) is 2.01. The Kier molecular flexibility index (Phi) is 5.73. The number of benzene rings is 1. The van der Waals surface area contributed by atoms with Crippen LogP contribution in [0.5, 0.6) is 0 Å². The van der Waals surface area contributed by atoms with E-state index in [2.05, 4.69) is 19.2 Å². The van der Waals surface area contributed by atoms with Crippen molar-refractivity contribution in [1.29, 1.82) is 0 Å². The van der Waals surface area contributed by atoms with Crippen molar-refractivity contribution in [3.63, 3.8) is 0 Å². The van der Waals surface area contributed by atoms with Crippen LogP contribution < -0.4 is 5.32 Å². The molecule has 0 spiro atoms. The average molecular weight is 255 g/mol. The molecule has 0 aliphatic rings. The van der Waals surface area contributed by atoms with E-state index in [9.17, 15) is 8.78 Å². The van der Waals surface area contributed by atoms with Crippen molar-refractivity contribution < 1.29 is 8.78 Å². The Labute approximate surface area is 109 Å². The largest absolute Gasteiger partial charge is 0.316 e. The van der Waals surface area contributed by atoms with Gasteiger partial charge in [0.05, 0.1) is 0 Å². The molecule has 2 atom stereocenters. The van der Waals surface area contributed by atoms with Crippen molar-refractivity contribution in [2.75, 3.05) is 13.1 Å². The summed E-state index contributed by atoms with van der Waals surface area (Å²) in [5.74, 6) is -0.255. The lowest BCUT2D eigenvalue weighted by Crippen LogP contribution is -2.28. The fourth-order valence-corrected chi connectivity index (χ4v) is 2.01. The van der Waals surface area contributed by atoms with Gasteiger partial charge in [0, 0.05) is 5.56 Å². The molecule has 0 fully saturated rings. The van der Waals surface area contributed by atoms with E-state index in [4.69, 9.17) is 0 Å². The van der Waals surface area contributed by atoms with Gasteiger partial charge in [0.1, 0.15) is 11.6 Å². The van der Waals surface area contributed by atoms with E-state index >= 15 is 0 Å². The highest BCUT2D eigenvalue weighted by Crippen LogP contribution is 2.28. The molecule has 3 heteroatoms. The van der Waals surface area contributed by atoms with E-state index < -0.39 is 11.6 Å². The topological polar surface area (TPSA) is 12.0 Å². The van der Waals surface area contributed by atoms with Crippen LogP contribution in [0.2, 0.25) is 0 Å². The summed E-state index contributed by atoms with van der Waals surface area (Å²) in [6.45, 7) is 9.87. The van der Waals surface area contributed by atoms with Gasteiger partial charge in [0.2, 0.25) is 0 Å². The molecule has 0 amide bonds. The SMILES string of the molecule is CC(C)CNCC(C)C(C)c1c(F)cccc1F. The van der Waals surface area contributed by atoms with E-state index in [0.29, 0.717) is 5.92 Å². The highest BCUT2D eigenvalue weighted by atomic mass is 19.1. The lowest BCUT2D eigenvalue weighted by atomic mass is 9.88. The summed E-state index contributed by atoms with van der Waals surface area (Å²) in [4.78, 5) is 0. The van der Waals surface area contributed by atoms with Gasteiger partial charge in [0.15, 0.2) is 0 Å². The molecule has 0 aliphatic heterocycles. The summed E-state index contributed by atoms with van der Waals surface area (Å²) in [6, 6.07) is 4.05. The molecule has 0 aliphatic carbocycles. The zero-order valence-corrected chi connectivity index (χ0v) is 11.6. The van der Waals surface area contributed by atoms with Crippen LogP contribution in [-0.4, -0.2) is 13.1 Å². The van der Waals surface area contributed by atoms with Gasteiger partial charge < -0.3 is 5.32 Å². The van der Waals surface area contributed by atoms with Crippen LogP contribution in [0.3, 0.4) is 0 Å². The summed E-state index contributed by atoms with van der Waals surface area (Å²) in [5, 5.41) is 3.33. The Morgan fingerprint density at radius 2 is 1.56 bits per heavy atom. The lowest BCUT2D eigenvalue weighted by molar-refractivity contribution is 0.406. The van der Waals surface area contributed by atoms with Gasteiger partial charge in [-0.3, -0.25) is 0 Å². The quantitative estimate of drug-likeness (QED) is 0.811. The second-order valence-corrected chi connectivity index (χ2v) is 5.45. The molecule has 0 bridgehead atoms. The van der Waals surface area contributed by atoms with Crippen molar-refractivity contribution in [2.45, 2.75) is 33.6 Å². The van der Waals surface area contributed by atoms with Crippen molar-refractivity contribution >= 4 is 0 Å². The van der Waals surface area contributed by atoms with Gasteiger partial charge in [-0.2, -0.15) is 0 Å². The number of rotatable bonds is 6. The zero-order chi connectivity index (χ0) is 13.7. The van der Waals surface area contributed by atoms with Crippen molar-refractivity contribution in [1.82, 2.24) is 5.32 Å². The third kappa shape index (κ3) is 4.05. The molecule has 0 saturated carbocycles. The van der Waals surface area contributed by atoms with Crippen molar-refractivity contribution in [3.8, 4) is 0 Å². The Balaban J connectivity index is 2.65. The van der Waals surface area contributed by atoms with Crippen LogP contribution in [0.1, 0.15) is 39.2 Å². The third-order valence-corrected chi connectivity index (χ3v) is 3.33. The fraction of sp³-hybridized carbons (Fsp3) is 0.600. The molecular formula is C15H23F2N. The van der Waals surface area contributed by atoms with Gasteiger partial charge in [0.25, 0.3) is 0 Å². The molecule has 18 heavy (non-hydrogen) atoms. The average Bonchev–Trinajstić information content (AvgIpc) is 2.27. The monoisotopic (exact) mass is 255 g/mol. The Morgan fingerprint density at radius 1 is 1.00 bits per heavy atom. The van der Waals surface area contributed by atoms with Crippen LogP contribution in [0.4, 0.5) is 8.78 Å². The van der Waals surface area contributed by atoms with Crippen LogP contribution in [-0.2, 0) is 0 Å². The maximum absolute atomic E-state index is 13.7. The minimum atomic E-state index is -0.446. The summed E-state index contributed by atoms with van der Waals surface area (Å²) in [7, 11) is 0. The summed E-state index contributed by atoms with van der Waals surface area (Å²) in [5.41, 5.74) is 0.205. The normalized spacial score (nSPS) is 14.8. The first-order valence-corrected chi connectivity index (χ1v) is 6.58. The van der Waals surface area contributed by atoms with E-state index in [-0.39, 0.29) is 17.4 Å². The van der Waals surface area contributed by atoms with Crippen LogP contribution in [0.15, 0.2) is 18.2 Å². The first-order valence-electron chi connectivity index (χ1n) is 6.58. The molecule has 0 saturated heterocycles. The molecule has 0 heterocycles. The molecule has 2 unspecified atom stereocenters. The van der Waals surface area contributed by atoms with E-state index in [1.807, 2.05) is 13.8 Å². The van der Waals surface area contributed by atoms with Gasteiger partial charge in [-0.15, -0.1) is 0 Å². The van der Waals surface area contributed by atoms with Gasteiger partial charge in [-0.1, -0.05) is 33.8 Å². The Hall–Kier alpha value is -0.960. The molecule has 1 rings (SSSR count). The van der Waals surface area contributed by atoms with Crippen LogP contribution in [0, 0.1) is 23.5 Å². The molecule has 1 nitrogen and oxygen atoms in total. The highest BCUT2D eigenvalue weighted by Gasteiger charge is 2.21. The molecule has 1 N–H and O–H groups in total. The van der Waals surface area contributed by atoms with Gasteiger partial charge >= 0.3 is 0 Å². The van der Waals surface area contributed by atoms with E-state index in [1.54, 1.807) is 0 Å². The third-order valence-electron chi connectivity index (χ3n) is 3.33. The molecular weight excluding hydrogens is 232 g/mol. The predicted molar refractivity (Wildman–Crippen MR) is 71.6 cm³/mol. The maximum atomic E-state index is 13.7. The second kappa shape index (κ2) is 6.83. The molecule has 1 aromatic rings. The van der Waals surface area contributed by atoms with Crippen molar-refractivity contribution in [2.24, 2.45) is 11.8 Å². The summed E-state index contributed by atoms with van der Waals surface area (Å²) in [6.07, 6.45) is 0. The maximum Gasteiger partial charge on any atom is 0.129 e. The number of hydrogen-bond donors (Lipinski definition) is 1. The first kappa shape index (κ1) is 15.1. The highest BCUT2D eigenvalue weighted by molar-refractivity contribution is 5.23. The van der Waals surface area contributed by atoms with Gasteiger partial charge in [-0.05, 0) is 43.0 Å². The first-order chi connectivity index (χ1) is 8.43. The molecule has 1 aromatic carbocycles. The molecule has 0 aromatic heterocycles. The van der Waals surface area contributed by atoms with Crippen LogP contribution in [0.25, 0.3) is 0 Å². The summed E-state index contributed by atoms with van der Waals surface area (Å²) < 4.78 is 27.3. The smallest absolute Gasteiger partial charge is 0.129 e. The number of nitrogens with one attached hydrogen (secondary N) is 1. The van der Waals surface area contributed by atoms with Crippen LogP contribution >= 0.6 is 0 Å². The predicted octanol–water partition coefficient (Wildman–Crippen LogP) is 3.95. The molecule has 102 valence electrons. The zero-order valence-electron chi connectivity index (χ0n) is 11.6. The molecule has 0 radical (unpaired) electrons. The lowest BCUT2D eigenvalue weighted by Gasteiger charge is -2.22. The van der Waals surface area contributed by atoms with E-state index in [0.717, 1.165) is 13.1 Å². The van der Waals surface area contributed by atoms with Crippen molar-refractivity contribution in [3.05, 3.63) is 35.4 Å². The Morgan fingerprint density at radius 3 is 2.06 bits per heavy atom. The minimum absolute atomic E-state index is 0.133. The van der Waals surface area contributed by atoms with Gasteiger partial charge in [-0.25, -0.2) is 8.78 Å². The number of halogens is 2. The number of hydrogen-bond acceptors (Lipinski definition) is 1. The second-order valence-electron chi connectivity index (χ2n) is 5.45.